The summed E-state index contributed by atoms with van der Waals surface area (Å²) in [5, 5.41) is 30.1. The third kappa shape index (κ3) is 4.33. The van der Waals surface area contributed by atoms with Gasteiger partial charge in [0.05, 0.1) is 11.3 Å². The number of phenols is 1. The van der Waals surface area contributed by atoms with Gasteiger partial charge in [-0.05, 0) is 42.7 Å². The lowest BCUT2D eigenvalue weighted by Gasteiger charge is -2.38. The Hall–Kier alpha value is -4.25. The highest BCUT2D eigenvalue weighted by molar-refractivity contribution is 5.87. The second-order valence-electron chi connectivity index (χ2n) is 8.65. The third-order valence-corrected chi connectivity index (χ3v) is 6.32. The van der Waals surface area contributed by atoms with Crippen LogP contribution in [-0.4, -0.2) is 72.5 Å². The first-order chi connectivity index (χ1) is 16.8. The van der Waals surface area contributed by atoms with Crippen molar-refractivity contribution in [3.8, 4) is 11.4 Å². The number of likely N-dealkylation sites (N-methyl/N-ethyl adjacent to an activating group) is 1. The van der Waals surface area contributed by atoms with Crippen LogP contribution >= 0.6 is 0 Å². The maximum Gasteiger partial charge on any atom is 0.323 e. The Morgan fingerprint density at radius 3 is 2.43 bits per heavy atom. The summed E-state index contributed by atoms with van der Waals surface area (Å²) < 4.78 is 1.82. The molecule has 11 nitrogen and oxygen atoms in total. The molecule has 4 aromatic rings. The van der Waals surface area contributed by atoms with Gasteiger partial charge >= 0.3 is 5.97 Å². The van der Waals surface area contributed by atoms with E-state index in [1.54, 1.807) is 50.0 Å². The standard InChI is InChI=1S/C24H25N7O4/c1-29(14-19(33)34)21-20-22(31(15-26-20)17-6-10-25-11-7-17)28-23(27-21)30-12-8-24(35,9-13-30)16-2-4-18(32)5-3-16/h2-7,10-11,15,32,35H,8-9,12-14H2,1H3,(H,33,34). The fraction of sp³-hybridized carbons (Fsp3) is 0.292. The van der Waals surface area contributed by atoms with Crippen molar-refractivity contribution in [2.75, 3.05) is 36.5 Å². The molecule has 1 aliphatic rings. The maximum atomic E-state index is 11.4. The van der Waals surface area contributed by atoms with E-state index in [1.165, 1.54) is 4.90 Å². The zero-order chi connectivity index (χ0) is 24.6. The first kappa shape index (κ1) is 22.5. The van der Waals surface area contributed by atoms with Gasteiger partial charge in [0.25, 0.3) is 0 Å². The van der Waals surface area contributed by atoms with E-state index in [2.05, 4.69) is 9.97 Å². The largest absolute Gasteiger partial charge is 0.508 e. The predicted molar refractivity (Wildman–Crippen MR) is 129 cm³/mol. The second-order valence-corrected chi connectivity index (χ2v) is 8.65. The molecule has 0 amide bonds. The van der Waals surface area contributed by atoms with Gasteiger partial charge in [-0.15, -0.1) is 0 Å². The van der Waals surface area contributed by atoms with Crippen molar-refractivity contribution in [2.45, 2.75) is 18.4 Å². The Morgan fingerprint density at radius 1 is 1.09 bits per heavy atom. The molecule has 1 saturated heterocycles. The van der Waals surface area contributed by atoms with Crippen LogP contribution in [0.4, 0.5) is 11.8 Å². The lowest BCUT2D eigenvalue weighted by Crippen LogP contribution is -2.43. The number of piperidine rings is 1. The molecule has 0 atom stereocenters. The monoisotopic (exact) mass is 475 g/mol. The van der Waals surface area contributed by atoms with Crippen molar-refractivity contribution in [3.05, 3.63) is 60.7 Å². The number of carboxylic acid groups (broad SMARTS) is 1. The minimum Gasteiger partial charge on any atom is -0.508 e. The lowest BCUT2D eigenvalue weighted by molar-refractivity contribution is -0.135. The van der Waals surface area contributed by atoms with Crippen molar-refractivity contribution >= 4 is 28.9 Å². The molecule has 3 aromatic heterocycles. The lowest BCUT2D eigenvalue weighted by atomic mass is 9.84. The number of aliphatic carboxylic acids is 1. The number of carboxylic acids is 1. The van der Waals surface area contributed by atoms with E-state index in [0.29, 0.717) is 48.9 Å². The van der Waals surface area contributed by atoms with E-state index in [4.69, 9.17) is 9.97 Å². The Morgan fingerprint density at radius 2 is 1.77 bits per heavy atom. The molecule has 3 N–H and O–H groups in total. The minimum atomic E-state index is -1.02. The molecular formula is C24H25N7O4. The molecular weight excluding hydrogens is 450 g/mol. The minimum absolute atomic E-state index is 0.153. The number of carbonyl (C=O) groups is 1. The van der Waals surface area contributed by atoms with Gasteiger partial charge in [0.15, 0.2) is 17.0 Å². The fourth-order valence-corrected chi connectivity index (χ4v) is 4.39. The summed E-state index contributed by atoms with van der Waals surface area (Å²) in [6.07, 6.45) is 5.88. The van der Waals surface area contributed by atoms with Crippen LogP contribution in [0.5, 0.6) is 5.75 Å². The molecule has 35 heavy (non-hydrogen) atoms. The average molecular weight is 476 g/mol. The molecule has 0 spiro atoms. The van der Waals surface area contributed by atoms with E-state index < -0.39 is 11.6 Å². The van der Waals surface area contributed by atoms with Crippen molar-refractivity contribution in [1.82, 2.24) is 24.5 Å². The molecule has 0 saturated carbocycles. The normalized spacial score (nSPS) is 15.3. The number of rotatable bonds is 6. The highest BCUT2D eigenvalue weighted by atomic mass is 16.4. The van der Waals surface area contributed by atoms with Crippen LogP contribution < -0.4 is 9.80 Å². The molecule has 0 aliphatic carbocycles. The van der Waals surface area contributed by atoms with Gasteiger partial charge in [0, 0.05) is 32.5 Å². The number of nitrogens with zero attached hydrogens (tertiary/aromatic N) is 7. The smallest absolute Gasteiger partial charge is 0.323 e. The number of pyridine rings is 1. The summed E-state index contributed by atoms with van der Waals surface area (Å²) in [6.45, 7) is 0.747. The summed E-state index contributed by atoms with van der Waals surface area (Å²) >= 11 is 0. The summed E-state index contributed by atoms with van der Waals surface area (Å²) in [5.74, 6) is 0.0273. The summed E-state index contributed by atoms with van der Waals surface area (Å²) in [4.78, 5) is 32.9. The van der Waals surface area contributed by atoms with Crippen LogP contribution in [0, 0.1) is 0 Å². The molecule has 180 valence electrons. The summed E-state index contributed by atoms with van der Waals surface area (Å²) in [5.41, 5.74) is 1.60. The number of aliphatic hydroxyl groups is 1. The Balaban J connectivity index is 1.51. The number of anilines is 2. The molecule has 5 rings (SSSR count). The highest BCUT2D eigenvalue weighted by Gasteiger charge is 2.35. The number of phenolic OH excluding ortho intramolecular Hbond substituents is 1. The van der Waals surface area contributed by atoms with Gasteiger partial charge in [-0.1, -0.05) is 12.1 Å². The van der Waals surface area contributed by atoms with Crippen LogP contribution in [0.3, 0.4) is 0 Å². The van der Waals surface area contributed by atoms with Gasteiger partial charge < -0.3 is 25.1 Å². The molecule has 1 aliphatic heterocycles. The Labute approximate surface area is 201 Å². The first-order valence-corrected chi connectivity index (χ1v) is 11.2. The first-order valence-electron chi connectivity index (χ1n) is 11.2. The predicted octanol–water partition coefficient (Wildman–Crippen LogP) is 1.92. The quantitative estimate of drug-likeness (QED) is 0.379. The zero-order valence-electron chi connectivity index (χ0n) is 19.1. The van der Waals surface area contributed by atoms with Gasteiger partial charge in [0.2, 0.25) is 5.95 Å². The van der Waals surface area contributed by atoms with Gasteiger partial charge in [-0.25, -0.2) is 4.98 Å². The third-order valence-electron chi connectivity index (χ3n) is 6.32. The molecule has 1 fully saturated rings. The topological polar surface area (TPSA) is 141 Å². The van der Waals surface area contributed by atoms with Crippen molar-refractivity contribution in [1.29, 1.82) is 0 Å². The van der Waals surface area contributed by atoms with Gasteiger partial charge in [0.1, 0.15) is 18.6 Å². The number of benzene rings is 1. The zero-order valence-corrected chi connectivity index (χ0v) is 19.1. The maximum absolute atomic E-state index is 11.4. The SMILES string of the molecule is CN(CC(=O)O)c1nc(N2CCC(O)(c3ccc(O)cc3)CC2)nc2c1ncn2-c1ccncc1. The summed E-state index contributed by atoms with van der Waals surface area (Å²) in [6, 6.07) is 10.3. The summed E-state index contributed by atoms with van der Waals surface area (Å²) in [7, 11) is 1.66. The van der Waals surface area contributed by atoms with Gasteiger partial charge in [-0.3, -0.25) is 14.3 Å². The van der Waals surface area contributed by atoms with Gasteiger partial charge in [-0.2, -0.15) is 9.97 Å². The number of hydrogen-bond acceptors (Lipinski definition) is 9. The molecule has 0 unspecified atom stereocenters. The van der Waals surface area contributed by atoms with E-state index in [0.717, 1.165) is 11.3 Å². The molecule has 0 bridgehead atoms. The van der Waals surface area contributed by atoms with Crippen LogP contribution in [0.1, 0.15) is 18.4 Å². The number of fused-ring (bicyclic) bond motifs is 1. The highest BCUT2D eigenvalue weighted by Crippen LogP contribution is 2.35. The van der Waals surface area contributed by atoms with Crippen molar-refractivity contribution < 1.29 is 20.1 Å². The molecule has 11 heteroatoms. The number of aromatic nitrogens is 5. The van der Waals surface area contributed by atoms with Crippen LogP contribution in [0.2, 0.25) is 0 Å². The molecule has 4 heterocycles. The van der Waals surface area contributed by atoms with E-state index in [9.17, 15) is 20.1 Å². The van der Waals surface area contributed by atoms with E-state index in [1.807, 2.05) is 21.6 Å². The fourth-order valence-electron chi connectivity index (χ4n) is 4.39. The number of aromatic hydroxyl groups is 1. The van der Waals surface area contributed by atoms with Crippen molar-refractivity contribution in [3.63, 3.8) is 0 Å². The molecule has 1 aromatic carbocycles. The van der Waals surface area contributed by atoms with Crippen molar-refractivity contribution in [2.24, 2.45) is 0 Å². The molecule has 0 radical (unpaired) electrons. The van der Waals surface area contributed by atoms with Crippen LogP contribution in [0.25, 0.3) is 16.9 Å². The Kier molecular flexibility index (Phi) is 5.69. The second kappa shape index (κ2) is 8.84. The number of imidazole rings is 1. The van der Waals surface area contributed by atoms with Crippen LogP contribution in [-0.2, 0) is 10.4 Å². The van der Waals surface area contributed by atoms with Crippen LogP contribution in [0.15, 0.2) is 55.1 Å². The van der Waals surface area contributed by atoms with E-state index in [-0.39, 0.29) is 12.3 Å². The van der Waals surface area contributed by atoms with E-state index >= 15 is 0 Å². The average Bonchev–Trinajstić information content (AvgIpc) is 3.28. The Bertz CT molecular complexity index is 1350. The number of hydrogen-bond donors (Lipinski definition) is 3.